The van der Waals surface area contributed by atoms with Crippen LogP contribution in [-0.4, -0.2) is 0 Å². The Bertz CT molecular complexity index is 940. The van der Waals surface area contributed by atoms with E-state index in [-0.39, 0.29) is 0 Å². The summed E-state index contributed by atoms with van der Waals surface area (Å²) >= 11 is 6.13. The van der Waals surface area contributed by atoms with Crippen LogP contribution in [0.3, 0.4) is 0 Å². The normalized spacial score (nSPS) is 10.5. The Morgan fingerprint density at radius 3 is 1.54 bits per heavy atom. The third kappa shape index (κ3) is 3.49. The van der Waals surface area contributed by atoms with Gasteiger partial charge in [0, 0.05) is 22.1 Å². The molecule has 4 aromatic rings. The van der Waals surface area contributed by atoms with Gasteiger partial charge in [0.05, 0.1) is 0 Å². The topological polar surface area (TPSA) is 3.24 Å². The van der Waals surface area contributed by atoms with Crippen LogP contribution in [0.1, 0.15) is 0 Å². The fourth-order valence-electron chi connectivity index (χ4n) is 3.07. The first-order valence-corrected chi connectivity index (χ1v) is 8.95. The zero-order valence-electron chi connectivity index (χ0n) is 14.2. The molecule has 0 unspecified atom stereocenters. The van der Waals surface area contributed by atoms with Gasteiger partial charge in [0.1, 0.15) is 0 Å². The molecule has 126 valence electrons. The van der Waals surface area contributed by atoms with Gasteiger partial charge in [0.25, 0.3) is 0 Å². The molecule has 0 saturated carbocycles. The summed E-state index contributed by atoms with van der Waals surface area (Å²) in [6, 6.07) is 37.3. The first-order chi connectivity index (χ1) is 12.8. The quantitative estimate of drug-likeness (QED) is 0.367. The fourth-order valence-corrected chi connectivity index (χ4v) is 3.26. The Morgan fingerprint density at radius 2 is 1.00 bits per heavy atom. The smallest absolute Gasteiger partial charge is 0.0462 e. The lowest BCUT2D eigenvalue weighted by Gasteiger charge is -2.25. The summed E-state index contributed by atoms with van der Waals surface area (Å²) in [5.41, 5.74) is 5.66. The Balaban J connectivity index is 1.75. The summed E-state index contributed by atoms with van der Waals surface area (Å²) in [5, 5.41) is 0.752. The number of hydrogen-bond acceptors (Lipinski definition) is 1. The van der Waals surface area contributed by atoms with Crippen LogP contribution in [0.4, 0.5) is 17.1 Å². The molecule has 0 spiro atoms. The SMILES string of the molecule is Clc1cccc(-c2ccc(N(c3ccccc3)c3ccccc3)cc2)c1. The molecule has 0 aromatic heterocycles. The number of hydrogen-bond donors (Lipinski definition) is 0. The van der Waals surface area contributed by atoms with Gasteiger partial charge in [-0.15, -0.1) is 0 Å². The molecule has 0 amide bonds. The van der Waals surface area contributed by atoms with Crippen LogP contribution in [0.25, 0.3) is 11.1 Å². The number of halogens is 1. The van der Waals surface area contributed by atoms with Crippen LogP contribution in [-0.2, 0) is 0 Å². The molecule has 0 radical (unpaired) electrons. The van der Waals surface area contributed by atoms with Crippen molar-refractivity contribution in [3.05, 3.63) is 114 Å². The van der Waals surface area contributed by atoms with E-state index in [0.717, 1.165) is 33.2 Å². The minimum atomic E-state index is 0.752. The molecular weight excluding hydrogens is 338 g/mol. The minimum absolute atomic E-state index is 0.752. The first kappa shape index (κ1) is 16.4. The number of para-hydroxylation sites is 2. The maximum atomic E-state index is 6.13. The maximum absolute atomic E-state index is 6.13. The summed E-state index contributed by atoms with van der Waals surface area (Å²) in [6.45, 7) is 0. The summed E-state index contributed by atoms with van der Waals surface area (Å²) in [5.74, 6) is 0. The minimum Gasteiger partial charge on any atom is -0.311 e. The zero-order valence-corrected chi connectivity index (χ0v) is 15.0. The number of rotatable bonds is 4. The van der Waals surface area contributed by atoms with Crippen LogP contribution < -0.4 is 4.90 Å². The molecule has 4 rings (SSSR count). The predicted molar refractivity (Wildman–Crippen MR) is 112 cm³/mol. The third-order valence-electron chi connectivity index (χ3n) is 4.31. The molecule has 0 aliphatic rings. The van der Waals surface area contributed by atoms with Gasteiger partial charge < -0.3 is 4.90 Å². The van der Waals surface area contributed by atoms with Gasteiger partial charge in [-0.1, -0.05) is 72.3 Å². The van der Waals surface area contributed by atoms with Crippen LogP contribution in [0, 0.1) is 0 Å². The van der Waals surface area contributed by atoms with E-state index in [9.17, 15) is 0 Å². The zero-order chi connectivity index (χ0) is 17.8. The Labute approximate surface area is 159 Å². The summed E-state index contributed by atoms with van der Waals surface area (Å²) in [7, 11) is 0. The molecule has 0 bridgehead atoms. The van der Waals surface area contributed by atoms with Crippen molar-refractivity contribution >= 4 is 28.7 Å². The van der Waals surface area contributed by atoms with Crippen molar-refractivity contribution in [2.75, 3.05) is 4.90 Å². The Hall–Kier alpha value is -3.03. The van der Waals surface area contributed by atoms with E-state index >= 15 is 0 Å². The Kier molecular flexibility index (Phi) is 4.72. The van der Waals surface area contributed by atoms with Crippen molar-refractivity contribution in [3.63, 3.8) is 0 Å². The number of nitrogens with zero attached hydrogens (tertiary/aromatic N) is 1. The molecule has 1 nitrogen and oxygen atoms in total. The predicted octanol–water partition coefficient (Wildman–Crippen LogP) is 7.48. The fraction of sp³-hybridized carbons (Fsp3) is 0. The molecule has 0 atom stereocenters. The van der Waals surface area contributed by atoms with Crippen molar-refractivity contribution in [2.45, 2.75) is 0 Å². The van der Waals surface area contributed by atoms with Crippen LogP contribution in [0.5, 0.6) is 0 Å². The molecule has 0 N–H and O–H groups in total. The Morgan fingerprint density at radius 1 is 0.462 bits per heavy atom. The molecule has 0 aliphatic heterocycles. The van der Waals surface area contributed by atoms with Crippen LogP contribution >= 0.6 is 11.6 Å². The van der Waals surface area contributed by atoms with Gasteiger partial charge in [-0.25, -0.2) is 0 Å². The average Bonchev–Trinajstić information content (AvgIpc) is 2.70. The van der Waals surface area contributed by atoms with Gasteiger partial charge in [0.15, 0.2) is 0 Å². The summed E-state index contributed by atoms with van der Waals surface area (Å²) in [4.78, 5) is 2.25. The maximum Gasteiger partial charge on any atom is 0.0462 e. The van der Waals surface area contributed by atoms with Crippen molar-refractivity contribution < 1.29 is 0 Å². The van der Waals surface area contributed by atoms with Crippen LogP contribution in [0.2, 0.25) is 5.02 Å². The summed E-state index contributed by atoms with van der Waals surface area (Å²) < 4.78 is 0. The van der Waals surface area contributed by atoms with Gasteiger partial charge in [-0.05, 0) is 59.7 Å². The first-order valence-electron chi connectivity index (χ1n) is 8.57. The van der Waals surface area contributed by atoms with E-state index in [1.54, 1.807) is 0 Å². The van der Waals surface area contributed by atoms with E-state index in [1.807, 2.05) is 30.3 Å². The van der Waals surface area contributed by atoms with Crippen molar-refractivity contribution in [1.29, 1.82) is 0 Å². The highest BCUT2D eigenvalue weighted by Gasteiger charge is 2.11. The lowest BCUT2D eigenvalue weighted by Crippen LogP contribution is -2.09. The van der Waals surface area contributed by atoms with Crippen LogP contribution in [0.15, 0.2) is 109 Å². The molecular formula is C24H18ClN. The second-order valence-corrected chi connectivity index (χ2v) is 6.50. The number of anilines is 3. The lowest BCUT2D eigenvalue weighted by molar-refractivity contribution is 1.28. The third-order valence-corrected chi connectivity index (χ3v) is 4.55. The molecule has 4 aromatic carbocycles. The van der Waals surface area contributed by atoms with Gasteiger partial charge in [0.2, 0.25) is 0 Å². The van der Waals surface area contributed by atoms with Gasteiger partial charge >= 0.3 is 0 Å². The molecule has 2 heteroatoms. The second kappa shape index (κ2) is 7.47. The van der Waals surface area contributed by atoms with E-state index < -0.39 is 0 Å². The monoisotopic (exact) mass is 355 g/mol. The highest BCUT2D eigenvalue weighted by Crippen LogP contribution is 2.35. The van der Waals surface area contributed by atoms with Crippen molar-refractivity contribution in [3.8, 4) is 11.1 Å². The van der Waals surface area contributed by atoms with E-state index in [4.69, 9.17) is 11.6 Å². The average molecular weight is 356 g/mol. The highest BCUT2D eigenvalue weighted by atomic mass is 35.5. The van der Waals surface area contributed by atoms with E-state index in [2.05, 4.69) is 83.8 Å². The molecule has 0 aliphatic carbocycles. The van der Waals surface area contributed by atoms with Gasteiger partial charge in [-0.2, -0.15) is 0 Å². The van der Waals surface area contributed by atoms with E-state index in [0.29, 0.717) is 0 Å². The second-order valence-electron chi connectivity index (χ2n) is 6.06. The lowest BCUT2D eigenvalue weighted by atomic mass is 10.0. The molecule has 26 heavy (non-hydrogen) atoms. The highest BCUT2D eigenvalue weighted by molar-refractivity contribution is 6.30. The molecule has 0 fully saturated rings. The van der Waals surface area contributed by atoms with Crippen molar-refractivity contribution in [1.82, 2.24) is 0 Å². The van der Waals surface area contributed by atoms with Gasteiger partial charge in [-0.3, -0.25) is 0 Å². The van der Waals surface area contributed by atoms with E-state index in [1.165, 1.54) is 0 Å². The molecule has 0 heterocycles. The van der Waals surface area contributed by atoms with Crippen molar-refractivity contribution in [2.24, 2.45) is 0 Å². The summed E-state index contributed by atoms with van der Waals surface area (Å²) in [6.07, 6.45) is 0. The standard InChI is InChI=1S/C24H18ClN/c25-21-9-7-8-20(18-21)19-14-16-24(17-15-19)26(22-10-3-1-4-11-22)23-12-5-2-6-13-23/h1-18H. The number of benzene rings is 4. The largest absolute Gasteiger partial charge is 0.311 e. The molecule has 0 saturated heterocycles.